The zero-order valence-electron chi connectivity index (χ0n) is 10.6. The lowest BCUT2D eigenvalue weighted by atomic mass is 10.1. The van der Waals surface area contributed by atoms with Crippen molar-refractivity contribution in [2.75, 3.05) is 13.7 Å². The highest BCUT2D eigenvalue weighted by Crippen LogP contribution is 2.21. The molecule has 0 aromatic heterocycles. The smallest absolute Gasteiger partial charge is 0.220 e. The van der Waals surface area contributed by atoms with E-state index in [1.54, 1.807) is 6.07 Å². The maximum atomic E-state index is 13.4. The van der Waals surface area contributed by atoms with Crippen LogP contribution in [0.3, 0.4) is 0 Å². The number of benzene rings is 1. The summed E-state index contributed by atoms with van der Waals surface area (Å²) in [6.45, 7) is 1.97. The molecule has 0 aliphatic carbocycles. The second-order valence-electron chi connectivity index (χ2n) is 3.96. The molecule has 0 aliphatic rings. The van der Waals surface area contributed by atoms with Crippen molar-refractivity contribution in [3.8, 4) is 5.75 Å². The number of nitrogens with one attached hydrogen (secondary N) is 1. The predicted octanol–water partition coefficient (Wildman–Crippen LogP) is 1.78. The number of aliphatic hydroxyl groups is 1. The van der Waals surface area contributed by atoms with E-state index in [0.717, 1.165) is 6.42 Å². The zero-order valence-corrected chi connectivity index (χ0v) is 10.6. The number of ether oxygens (including phenoxy) is 1. The molecule has 0 saturated heterocycles. The van der Waals surface area contributed by atoms with Gasteiger partial charge in [0.25, 0.3) is 0 Å². The van der Waals surface area contributed by atoms with Gasteiger partial charge in [0.15, 0.2) is 11.6 Å². The molecular formula is C13H18FNO3. The minimum atomic E-state index is -0.925. The van der Waals surface area contributed by atoms with Crippen LogP contribution in [0.5, 0.6) is 5.75 Å². The van der Waals surface area contributed by atoms with E-state index >= 15 is 0 Å². The number of aliphatic hydroxyl groups excluding tert-OH is 1. The van der Waals surface area contributed by atoms with E-state index in [1.165, 1.54) is 19.2 Å². The van der Waals surface area contributed by atoms with E-state index in [-0.39, 0.29) is 18.2 Å². The molecule has 4 nitrogen and oxygen atoms in total. The van der Waals surface area contributed by atoms with Gasteiger partial charge in [-0.25, -0.2) is 4.39 Å². The van der Waals surface area contributed by atoms with E-state index in [1.807, 2.05) is 6.92 Å². The van der Waals surface area contributed by atoms with Crippen molar-refractivity contribution < 1.29 is 19.0 Å². The summed E-state index contributed by atoms with van der Waals surface area (Å²) in [4.78, 5) is 11.2. The number of halogens is 1. The topological polar surface area (TPSA) is 58.6 Å². The molecule has 18 heavy (non-hydrogen) atoms. The number of carbonyl (C=O) groups is 1. The maximum Gasteiger partial charge on any atom is 0.220 e. The third kappa shape index (κ3) is 4.00. The lowest BCUT2D eigenvalue weighted by Gasteiger charge is -2.13. The van der Waals surface area contributed by atoms with Gasteiger partial charge in [-0.05, 0) is 24.1 Å². The summed E-state index contributed by atoms with van der Waals surface area (Å²) in [5.74, 6) is -0.527. The minimum absolute atomic E-state index is 0.0740. The average Bonchev–Trinajstić information content (AvgIpc) is 2.36. The zero-order chi connectivity index (χ0) is 13.5. The molecule has 0 heterocycles. The number of carbonyl (C=O) groups excluding carboxylic acids is 1. The molecule has 2 N–H and O–H groups in total. The van der Waals surface area contributed by atoms with Crippen LogP contribution in [0.15, 0.2) is 18.2 Å². The Labute approximate surface area is 106 Å². The normalized spacial score (nSPS) is 12.0. The molecule has 1 aromatic carbocycles. The fourth-order valence-corrected chi connectivity index (χ4v) is 1.53. The second kappa shape index (κ2) is 6.96. The van der Waals surface area contributed by atoms with E-state index in [2.05, 4.69) is 5.32 Å². The summed E-state index contributed by atoms with van der Waals surface area (Å²) >= 11 is 0. The quantitative estimate of drug-likeness (QED) is 0.814. The lowest BCUT2D eigenvalue weighted by molar-refractivity contribution is -0.121. The Hall–Kier alpha value is -1.62. The molecule has 1 aromatic rings. The minimum Gasteiger partial charge on any atom is -0.494 e. The fourth-order valence-electron chi connectivity index (χ4n) is 1.53. The van der Waals surface area contributed by atoms with Crippen LogP contribution in [-0.4, -0.2) is 24.7 Å². The van der Waals surface area contributed by atoms with Crippen LogP contribution in [0.25, 0.3) is 0 Å². The van der Waals surface area contributed by atoms with Crippen molar-refractivity contribution >= 4 is 5.91 Å². The van der Waals surface area contributed by atoms with Gasteiger partial charge in [0.1, 0.15) is 0 Å². The fraction of sp³-hybridized carbons (Fsp3) is 0.462. The number of rotatable bonds is 6. The van der Waals surface area contributed by atoms with Crippen molar-refractivity contribution in [2.45, 2.75) is 25.9 Å². The summed E-state index contributed by atoms with van der Waals surface area (Å²) in [7, 11) is 1.37. The van der Waals surface area contributed by atoms with Gasteiger partial charge >= 0.3 is 0 Å². The highest BCUT2D eigenvalue weighted by atomic mass is 19.1. The van der Waals surface area contributed by atoms with Gasteiger partial charge in [-0.3, -0.25) is 4.79 Å². The molecule has 1 atom stereocenters. The Bertz CT molecular complexity index is 409. The molecule has 5 heteroatoms. The van der Waals surface area contributed by atoms with Crippen molar-refractivity contribution in [2.24, 2.45) is 0 Å². The Morgan fingerprint density at radius 1 is 1.56 bits per heavy atom. The molecule has 0 spiro atoms. The Balaban J connectivity index is 2.58. The van der Waals surface area contributed by atoms with Gasteiger partial charge < -0.3 is 15.2 Å². The largest absolute Gasteiger partial charge is 0.494 e. The molecule has 1 unspecified atom stereocenters. The van der Waals surface area contributed by atoms with Crippen LogP contribution < -0.4 is 10.1 Å². The highest BCUT2D eigenvalue weighted by molar-refractivity contribution is 5.75. The van der Waals surface area contributed by atoms with Crippen LogP contribution in [0.2, 0.25) is 0 Å². The first-order chi connectivity index (χ1) is 8.58. The van der Waals surface area contributed by atoms with E-state index < -0.39 is 11.9 Å². The second-order valence-corrected chi connectivity index (χ2v) is 3.96. The molecule has 0 bridgehead atoms. The van der Waals surface area contributed by atoms with Gasteiger partial charge in [-0.2, -0.15) is 0 Å². The van der Waals surface area contributed by atoms with Crippen molar-refractivity contribution in [1.82, 2.24) is 5.32 Å². The van der Waals surface area contributed by atoms with Crippen molar-refractivity contribution in [1.29, 1.82) is 0 Å². The van der Waals surface area contributed by atoms with Crippen molar-refractivity contribution in [3.63, 3.8) is 0 Å². The number of hydrogen-bond donors (Lipinski definition) is 2. The Kier molecular flexibility index (Phi) is 5.58. The summed E-state index contributed by atoms with van der Waals surface area (Å²) in [6.07, 6.45) is 0.245. The monoisotopic (exact) mass is 255 g/mol. The molecule has 0 fully saturated rings. The highest BCUT2D eigenvalue weighted by Gasteiger charge is 2.12. The van der Waals surface area contributed by atoms with Crippen molar-refractivity contribution in [3.05, 3.63) is 29.6 Å². The van der Waals surface area contributed by atoms with Gasteiger partial charge in [0.05, 0.1) is 13.2 Å². The predicted molar refractivity (Wildman–Crippen MR) is 65.8 cm³/mol. The SMILES string of the molecule is CCCC(=O)NCC(O)c1ccc(OC)c(F)c1. The summed E-state index contributed by atoms with van der Waals surface area (Å²) in [5, 5.41) is 12.4. The van der Waals surface area contributed by atoms with Crippen LogP contribution in [0.4, 0.5) is 4.39 Å². The van der Waals surface area contributed by atoms with Crippen LogP contribution in [0, 0.1) is 5.82 Å². The first-order valence-corrected chi connectivity index (χ1v) is 5.86. The van der Waals surface area contributed by atoms with Gasteiger partial charge in [0, 0.05) is 13.0 Å². The molecular weight excluding hydrogens is 237 g/mol. The third-order valence-electron chi connectivity index (χ3n) is 2.53. The van der Waals surface area contributed by atoms with Crippen LogP contribution in [-0.2, 0) is 4.79 Å². The Morgan fingerprint density at radius 2 is 2.28 bits per heavy atom. The number of methoxy groups -OCH3 is 1. The molecule has 0 aliphatic heterocycles. The van der Waals surface area contributed by atoms with E-state index in [9.17, 15) is 14.3 Å². The first-order valence-electron chi connectivity index (χ1n) is 5.86. The summed E-state index contributed by atoms with van der Waals surface area (Å²) < 4.78 is 18.2. The standard InChI is InChI=1S/C13H18FNO3/c1-3-4-13(17)15-8-11(16)9-5-6-12(18-2)10(14)7-9/h5-7,11,16H,3-4,8H2,1-2H3,(H,15,17). The molecule has 1 amide bonds. The number of amides is 1. The third-order valence-corrected chi connectivity index (χ3v) is 2.53. The lowest BCUT2D eigenvalue weighted by Crippen LogP contribution is -2.27. The first kappa shape index (κ1) is 14.4. The summed E-state index contributed by atoms with van der Waals surface area (Å²) in [6, 6.07) is 4.22. The van der Waals surface area contributed by atoms with E-state index in [0.29, 0.717) is 12.0 Å². The molecule has 100 valence electrons. The van der Waals surface area contributed by atoms with Crippen LogP contribution in [0.1, 0.15) is 31.4 Å². The average molecular weight is 255 g/mol. The van der Waals surface area contributed by atoms with Crippen LogP contribution >= 0.6 is 0 Å². The summed E-state index contributed by atoms with van der Waals surface area (Å²) in [5.41, 5.74) is 0.407. The number of hydrogen-bond acceptors (Lipinski definition) is 3. The molecule has 0 radical (unpaired) electrons. The van der Waals surface area contributed by atoms with Gasteiger partial charge in [-0.1, -0.05) is 13.0 Å². The molecule has 0 saturated carbocycles. The van der Waals surface area contributed by atoms with E-state index in [4.69, 9.17) is 4.74 Å². The maximum absolute atomic E-state index is 13.4. The van der Waals surface area contributed by atoms with Gasteiger partial charge in [-0.15, -0.1) is 0 Å². The Morgan fingerprint density at radius 3 is 2.83 bits per heavy atom. The van der Waals surface area contributed by atoms with Gasteiger partial charge in [0.2, 0.25) is 5.91 Å². The molecule has 1 rings (SSSR count).